The molecule has 0 aromatic rings. The number of rotatable bonds is 0. The van der Waals surface area contributed by atoms with Crippen molar-refractivity contribution in [3.05, 3.63) is 11.6 Å². The molecule has 0 aromatic carbocycles. The Hall–Kier alpha value is -1.08. The monoisotopic (exact) mass is 404 g/mol. The van der Waals surface area contributed by atoms with Gasteiger partial charge in [-0.05, 0) is 55.4 Å². The normalized spacial score (nSPS) is 59.9. The Morgan fingerprint density at radius 3 is 2.76 bits per heavy atom. The zero-order valence-electron chi connectivity index (χ0n) is 19.1. The minimum absolute atomic E-state index is 0.101. The van der Waals surface area contributed by atoms with E-state index in [0.717, 1.165) is 24.8 Å². The maximum atomic E-state index is 13.9. The van der Waals surface area contributed by atoms with Crippen LogP contribution < -0.4 is 0 Å². The van der Waals surface area contributed by atoms with Crippen LogP contribution in [0.2, 0.25) is 0 Å². The summed E-state index contributed by atoms with van der Waals surface area (Å²) in [6.07, 6.45) is 3.05. The number of hydrogen-bond acceptors (Lipinski definition) is 6. The Morgan fingerprint density at radius 1 is 1.14 bits per heavy atom. The van der Waals surface area contributed by atoms with Gasteiger partial charge in [0.2, 0.25) is 5.79 Å². The summed E-state index contributed by atoms with van der Waals surface area (Å²) in [5.74, 6) is -1.13. The summed E-state index contributed by atoms with van der Waals surface area (Å²) >= 11 is 0. The number of carbonyl (C=O) groups excluding carboxylic acids is 2. The highest BCUT2D eigenvalue weighted by Crippen LogP contribution is 2.70. The summed E-state index contributed by atoms with van der Waals surface area (Å²) < 4.78 is 40.9. The molecule has 0 aromatic heterocycles. The smallest absolute Gasteiger partial charge is 0.226 e. The van der Waals surface area contributed by atoms with E-state index >= 15 is 0 Å². The summed E-state index contributed by atoms with van der Waals surface area (Å²) in [7, 11) is 0. The number of ketones is 2. The number of carbonyl (C=O) groups is 2. The predicted octanol–water partition coefficient (Wildman–Crippen LogP) is 3.14. The van der Waals surface area contributed by atoms with E-state index in [9.17, 15) is 9.59 Å². The Labute approximate surface area is 174 Å². The average Bonchev–Trinajstić information content (AvgIpc) is 3.42. The number of Topliss-reactive ketones (excluding diaryl/α,β-unsaturated/α-hetero) is 1. The van der Waals surface area contributed by atoms with Crippen LogP contribution >= 0.6 is 0 Å². The SMILES string of the molecule is [2H][C@H]1C(=O)C=C2CC[C@@H]3[C@H](C(=O)C[C@@]4(C)[C@H]3CC[C@@]43OCO[C@]34COCO4)[C@@]2(C)[C@H]1[2H]. The largest absolute Gasteiger partial charge is 0.350 e. The van der Waals surface area contributed by atoms with Crippen molar-refractivity contribution in [2.24, 2.45) is 28.6 Å². The third-order valence-corrected chi connectivity index (χ3v) is 9.26. The number of fused-ring (bicyclic) bond motifs is 7. The van der Waals surface area contributed by atoms with Gasteiger partial charge in [-0.2, -0.15) is 0 Å². The van der Waals surface area contributed by atoms with Crippen molar-refractivity contribution in [1.82, 2.24) is 0 Å². The lowest BCUT2D eigenvalue weighted by molar-refractivity contribution is -0.246. The first-order chi connectivity index (χ1) is 14.7. The Kier molecular flexibility index (Phi) is 3.31. The van der Waals surface area contributed by atoms with E-state index in [2.05, 4.69) is 6.92 Å². The van der Waals surface area contributed by atoms with E-state index in [4.69, 9.17) is 21.7 Å². The van der Waals surface area contributed by atoms with Gasteiger partial charge in [-0.3, -0.25) is 9.59 Å². The van der Waals surface area contributed by atoms with Gasteiger partial charge in [0.15, 0.2) is 19.4 Å². The van der Waals surface area contributed by atoms with E-state index in [1.54, 1.807) is 6.08 Å². The van der Waals surface area contributed by atoms with Crippen LogP contribution in [-0.2, 0) is 28.5 Å². The lowest BCUT2D eigenvalue weighted by Crippen LogP contribution is -2.65. The maximum absolute atomic E-state index is 13.9. The van der Waals surface area contributed by atoms with Crippen LogP contribution in [0.25, 0.3) is 0 Å². The molecule has 4 aliphatic carbocycles. The molecule has 2 aliphatic heterocycles. The van der Waals surface area contributed by atoms with Crippen molar-refractivity contribution in [2.45, 2.75) is 70.1 Å². The second-order valence-corrected chi connectivity index (χ2v) is 10.2. The summed E-state index contributed by atoms with van der Waals surface area (Å²) in [6.45, 7) is 4.71. The molecule has 29 heavy (non-hydrogen) atoms. The van der Waals surface area contributed by atoms with Gasteiger partial charge in [0.1, 0.15) is 18.0 Å². The number of hydrogen-bond donors (Lipinski definition) is 0. The second-order valence-electron chi connectivity index (χ2n) is 10.2. The molecule has 3 saturated carbocycles. The highest BCUT2D eigenvalue weighted by molar-refractivity contribution is 5.93. The first kappa shape index (κ1) is 16.6. The molecule has 0 bridgehead atoms. The van der Waals surface area contributed by atoms with Crippen LogP contribution in [0.4, 0.5) is 0 Å². The molecule has 6 heteroatoms. The fourth-order valence-corrected chi connectivity index (χ4v) is 8.00. The van der Waals surface area contributed by atoms with Gasteiger partial charge < -0.3 is 18.9 Å². The van der Waals surface area contributed by atoms with Crippen LogP contribution in [0, 0.1) is 28.6 Å². The zero-order chi connectivity index (χ0) is 21.8. The van der Waals surface area contributed by atoms with Crippen LogP contribution in [0.3, 0.4) is 0 Å². The summed E-state index contributed by atoms with van der Waals surface area (Å²) in [5.41, 5.74) is -1.03. The fourth-order valence-electron chi connectivity index (χ4n) is 8.00. The van der Waals surface area contributed by atoms with Gasteiger partial charge in [0.25, 0.3) is 0 Å². The molecule has 2 spiro atoms. The molecule has 6 rings (SSSR count). The fraction of sp³-hybridized carbons (Fsp3) is 0.826. The molecule has 6 nitrogen and oxygen atoms in total. The van der Waals surface area contributed by atoms with Crippen molar-refractivity contribution in [3.63, 3.8) is 0 Å². The van der Waals surface area contributed by atoms with Gasteiger partial charge in [0, 0.05) is 26.9 Å². The maximum Gasteiger partial charge on any atom is 0.226 e. The van der Waals surface area contributed by atoms with Gasteiger partial charge in [0.05, 0.1) is 0 Å². The molecule has 0 amide bonds. The van der Waals surface area contributed by atoms with E-state index in [-0.39, 0.29) is 42.9 Å². The second kappa shape index (κ2) is 5.78. The molecule has 0 unspecified atom stereocenters. The minimum atomic E-state index is -1.12. The van der Waals surface area contributed by atoms with E-state index < -0.39 is 35.0 Å². The van der Waals surface area contributed by atoms with Crippen LogP contribution in [-0.4, -0.2) is 43.1 Å². The molecule has 6 aliphatic rings. The molecule has 158 valence electrons. The molecule has 5 fully saturated rings. The average molecular weight is 404 g/mol. The first-order valence-electron chi connectivity index (χ1n) is 12.0. The van der Waals surface area contributed by atoms with Crippen molar-refractivity contribution < 1.29 is 31.3 Å². The van der Waals surface area contributed by atoms with E-state index in [1.165, 1.54) is 0 Å². The zero-order valence-corrected chi connectivity index (χ0v) is 17.1. The summed E-state index contributed by atoms with van der Waals surface area (Å²) in [5, 5.41) is 0. The van der Waals surface area contributed by atoms with Crippen molar-refractivity contribution >= 4 is 11.6 Å². The summed E-state index contributed by atoms with van der Waals surface area (Å²) in [6, 6.07) is 0. The third kappa shape index (κ3) is 2.07. The van der Waals surface area contributed by atoms with Crippen LogP contribution in [0.5, 0.6) is 0 Å². The summed E-state index contributed by atoms with van der Waals surface area (Å²) in [4.78, 5) is 26.2. The van der Waals surface area contributed by atoms with Crippen molar-refractivity contribution in [1.29, 1.82) is 0 Å². The first-order valence-corrected chi connectivity index (χ1v) is 10.8. The van der Waals surface area contributed by atoms with E-state index in [0.29, 0.717) is 19.4 Å². The molecular weight excluding hydrogens is 372 g/mol. The quantitative estimate of drug-likeness (QED) is 0.618. The molecular formula is C23H30O6. The minimum Gasteiger partial charge on any atom is -0.350 e. The van der Waals surface area contributed by atoms with Crippen LogP contribution in [0.15, 0.2) is 11.6 Å². The number of ether oxygens (including phenoxy) is 4. The van der Waals surface area contributed by atoms with Crippen molar-refractivity contribution in [3.8, 4) is 0 Å². The lowest BCUT2D eigenvalue weighted by Gasteiger charge is -2.59. The lowest BCUT2D eigenvalue weighted by atomic mass is 9.45. The van der Waals surface area contributed by atoms with Gasteiger partial charge in [-0.25, -0.2) is 0 Å². The molecule has 2 saturated heterocycles. The Bertz CT molecular complexity index is 878. The van der Waals surface area contributed by atoms with Crippen molar-refractivity contribution in [2.75, 3.05) is 20.2 Å². The van der Waals surface area contributed by atoms with Gasteiger partial charge in [-0.15, -0.1) is 0 Å². The molecule has 0 radical (unpaired) electrons. The molecule has 0 N–H and O–H groups in total. The molecule has 9 atom stereocenters. The van der Waals surface area contributed by atoms with Crippen LogP contribution in [0.1, 0.15) is 61.5 Å². The van der Waals surface area contributed by atoms with Gasteiger partial charge in [-0.1, -0.05) is 19.4 Å². The molecule has 2 heterocycles. The standard InChI is InChI=1S/C23H30O6/c1-20-7-5-15(24)9-14(20)3-4-16-17-6-8-22(21(17,2)10-18(25)19(16)20)23(29-13-27-22)11-26-12-28-23/h9,16-17,19H,3-8,10-13H2,1-2H3/t16-,17-,19+,20-,21-,22+,23+/m0/s1/i5D,7D/t5-,7+,16+,17+,19-,20+,21+,22-,23-/m1. The van der Waals surface area contributed by atoms with E-state index in [1.807, 2.05) is 6.92 Å². The predicted molar refractivity (Wildman–Crippen MR) is 102 cm³/mol. The number of allylic oxidation sites excluding steroid dienone is 1. The third-order valence-electron chi connectivity index (χ3n) is 9.26. The Balaban J connectivity index is 1.43. The van der Waals surface area contributed by atoms with Gasteiger partial charge >= 0.3 is 0 Å². The highest BCUT2D eigenvalue weighted by atomic mass is 16.9. The topological polar surface area (TPSA) is 71.1 Å². The highest BCUT2D eigenvalue weighted by Gasteiger charge is 2.76. The Morgan fingerprint density at radius 2 is 1.97 bits per heavy atom.